The van der Waals surface area contributed by atoms with E-state index in [0.29, 0.717) is 19.6 Å². The van der Waals surface area contributed by atoms with Crippen LogP contribution in [0.4, 0.5) is 18.0 Å². The van der Waals surface area contributed by atoms with Crippen molar-refractivity contribution in [3.8, 4) is 5.75 Å². The Labute approximate surface area is 128 Å². The molecule has 0 aromatic heterocycles. The van der Waals surface area contributed by atoms with Crippen LogP contribution in [0, 0.1) is 0 Å². The minimum absolute atomic E-state index is 0.0891. The van der Waals surface area contributed by atoms with Gasteiger partial charge in [0.15, 0.2) is 0 Å². The van der Waals surface area contributed by atoms with Crippen LogP contribution >= 0.6 is 15.9 Å². The number of carbonyl (C=O) groups excluding carboxylic acids is 1. The summed E-state index contributed by atoms with van der Waals surface area (Å²) in [4.78, 5) is 13.4. The zero-order valence-corrected chi connectivity index (χ0v) is 12.6. The molecule has 1 aliphatic heterocycles. The SMILES string of the molecule is O=C(Oc1ccc(Br)c(C(F)(F)F)c1)N1CCCNCC1. The normalized spacial score (nSPS) is 16.5. The summed E-state index contributed by atoms with van der Waals surface area (Å²) in [6, 6.07) is 3.36. The number of rotatable bonds is 1. The second-order valence-corrected chi connectivity index (χ2v) is 5.45. The molecule has 4 nitrogen and oxygen atoms in total. The zero-order chi connectivity index (χ0) is 15.5. The Hall–Kier alpha value is -1.28. The molecule has 0 bridgehead atoms. The van der Waals surface area contributed by atoms with Crippen molar-refractivity contribution in [2.45, 2.75) is 12.6 Å². The van der Waals surface area contributed by atoms with Crippen molar-refractivity contribution in [1.29, 1.82) is 0 Å². The van der Waals surface area contributed by atoms with Crippen molar-refractivity contribution < 1.29 is 22.7 Å². The molecular weight excluding hydrogens is 353 g/mol. The molecule has 8 heteroatoms. The summed E-state index contributed by atoms with van der Waals surface area (Å²) < 4.78 is 43.3. The van der Waals surface area contributed by atoms with E-state index in [2.05, 4.69) is 21.2 Å². The third kappa shape index (κ3) is 4.34. The molecule has 0 aliphatic carbocycles. The van der Waals surface area contributed by atoms with Gasteiger partial charge in [0.2, 0.25) is 0 Å². The fourth-order valence-corrected chi connectivity index (χ4v) is 2.45. The summed E-state index contributed by atoms with van der Waals surface area (Å²) in [5.41, 5.74) is -0.870. The van der Waals surface area contributed by atoms with Gasteiger partial charge in [-0.05, 0) is 31.2 Å². The monoisotopic (exact) mass is 366 g/mol. The number of alkyl halides is 3. The molecule has 21 heavy (non-hydrogen) atoms. The summed E-state index contributed by atoms with van der Waals surface area (Å²) >= 11 is 2.84. The molecule has 116 valence electrons. The Morgan fingerprint density at radius 1 is 1.29 bits per heavy atom. The second kappa shape index (κ2) is 6.65. The van der Waals surface area contributed by atoms with Crippen LogP contribution in [0.1, 0.15) is 12.0 Å². The molecule has 1 aromatic carbocycles. The predicted molar refractivity (Wildman–Crippen MR) is 74.2 cm³/mol. The molecule has 1 amide bonds. The highest BCUT2D eigenvalue weighted by Gasteiger charge is 2.33. The van der Waals surface area contributed by atoms with Crippen LogP contribution in [0.15, 0.2) is 22.7 Å². The fourth-order valence-electron chi connectivity index (χ4n) is 1.98. The topological polar surface area (TPSA) is 41.6 Å². The van der Waals surface area contributed by atoms with Crippen molar-refractivity contribution in [3.63, 3.8) is 0 Å². The maximum atomic E-state index is 12.8. The van der Waals surface area contributed by atoms with Gasteiger partial charge in [-0.3, -0.25) is 0 Å². The lowest BCUT2D eigenvalue weighted by Gasteiger charge is -2.19. The third-order valence-electron chi connectivity index (χ3n) is 3.05. The molecule has 1 fully saturated rings. The quantitative estimate of drug-likeness (QED) is 0.829. The zero-order valence-electron chi connectivity index (χ0n) is 11.0. The van der Waals surface area contributed by atoms with E-state index in [-0.39, 0.29) is 10.2 Å². The van der Waals surface area contributed by atoms with Crippen LogP contribution in [-0.4, -0.2) is 37.2 Å². The molecule has 0 saturated carbocycles. The summed E-state index contributed by atoms with van der Waals surface area (Å²) in [7, 11) is 0. The van der Waals surface area contributed by atoms with E-state index in [1.165, 1.54) is 17.0 Å². The van der Waals surface area contributed by atoms with Gasteiger partial charge in [-0.2, -0.15) is 13.2 Å². The Morgan fingerprint density at radius 2 is 2.05 bits per heavy atom. The molecule has 1 aliphatic rings. The van der Waals surface area contributed by atoms with Crippen LogP contribution < -0.4 is 10.1 Å². The van der Waals surface area contributed by atoms with Crippen LogP contribution in [-0.2, 0) is 6.18 Å². The first-order valence-corrected chi connectivity index (χ1v) is 7.21. The largest absolute Gasteiger partial charge is 0.417 e. The van der Waals surface area contributed by atoms with Gasteiger partial charge < -0.3 is 15.0 Å². The molecule has 0 unspecified atom stereocenters. The van der Waals surface area contributed by atoms with Crippen molar-refractivity contribution in [1.82, 2.24) is 10.2 Å². The van der Waals surface area contributed by atoms with Gasteiger partial charge >= 0.3 is 12.3 Å². The number of amides is 1. The summed E-state index contributed by atoms with van der Waals surface area (Å²) in [5, 5.41) is 3.13. The van der Waals surface area contributed by atoms with Gasteiger partial charge in [-0.25, -0.2) is 4.79 Å². The summed E-state index contributed by atoms with van der Waals surface area (Å²) in [6.45, 7) is 2.44. The lowest BCUT2D eigenvalue weighted by atomic mass is 10.2. The second-order valence-electron chi connectivity index (χ2n) is 4.60. The number of ether oxygens (including phenoxy) is 1. The highest BCUT2D eigenvalue weighted by molar-refractivity contribution is 9.10. The number of halogens is 4. The van der Waals surface area contributed by atoms with E-state index in [9.17, 15) is 18.0 Å². The van der Waals surface area contributed by atoms with E-state index in [1.807, 2.05) is 0 Å². The number of benzene rings is 1. The Bertz CT molecular complexity index is 515. The number of hydrogen-bond acceptors (Lipinski definition) is 3. The molecular formula is C13H14BrF3N2O2. The van der Waals surface area contributed by atoms with Gasteiger partial charge in [0.25, 0.3) is 0 Å². The number of nitrogens with zero attached hydrogens (tertiary/aromatic N) is 1. The lowest BCUT2D eigenvalue weighted by Crippen LogP contribution is -2.36. The standard InChI is InChI=1S/C13H14BrF3N2O2/c14-11-3-2-9(8-10(11)13(15,16)17)21-12(20)19-6-1-4-18-5-7-19/h2-3,8,18H,1,4-7H2. The first-order chi connectivity index (χ1) is 9.88. The minimum Gasteiger partial charge on any atom is -0.410 e. The van der Waals surface area contributed by atoms with Gasteiger partial charge in [-0.15, -0.1) is 0 Å². The predicted octanol–water partition coefficient (Wildman–Crippen LogP) is 3.26. The van der Waals surface area contributed by atoms with E-state index in [1.54, 1.807) is 0 Å². The van der Waals surface area contributed by atoms with Gasteiger partial charge in [0.05, 0.1) is 5.56 Å². The smallest absolute Gasteiger partial charge is 0.410 e. The number of nitrogens with one attached hydrogen (secondary N) is 1. The van der Waals surface area contributed by atoms with Gasteiger partial charge in [-0.1, -0.05) is 15.9 Å². The van der Waals surface area contributed by atoms with Crippen molar-refractivity contribution >= 4 is 22.0 Å². The fraction of sp³-hybridized carbons (Fsp3) is 0.462. The molecule has 1 heterocycles. The third-order valence-corrected chi connectivity index (χ3v) is 3.74. The molecule has 1 saturated heterocycles. The Kier molecular flexibility index (Phi) is 5.10. The number of hydrogen-bond donors (Lipinski definition) is 1. The Balaban J connectivity index is 2.10. The molecule has 1 aromatic rings. The minimum atomic E-state index is -4.51. The molecule has 0 atom stereocenters. The van der Waals surface area contributed by atoms with E-state index < -0.39 is 17.8 Å². The van der Waals surface area contributed by atoms with E-state index >= 15 is 0 Å². The summed E-state index contributed by atoms with van der Waals surface area (Å²) in [6.07, 6.45) is -4.36. The number of carbonyl (C=O) groups is 1. The molecule has 0 radical (unpaired) electrons. The average Bonchev–Trinajstić information content (AvgIpc) is 2.68. The van der Waals surface area contributed by atoms with Crippen molar-refractivity contribution in [3.05, 3.63) is 28.2 Å². The first kappa shape index (κ1) is 16.1. The van der Waals surface area contributed by atoms with Crippen LogP contribution in [0.3, 0.4) is 0 Å². The molecule has 1 N–H and O–H groups in total. The first-order valence-electron chi connectivity index (χ1n) is 6.42. The lowest BCUT2D eigenvalue weighted by molar-refractivity contribution is -0.138. The summed E-state index contributed by atoms with van der Waals surface area (Å²) in [5.74, 6) is -0.118. The maximum absolute atomic E-state index is 12.8. The molecule has 2 rings (SSSR count). The highest BCUT2D eigenvalue weighted by atomic mass is 79.9. The van der Waals surface area contributed by atoms with Crippen LogP contribution in [0.5, 0.6) is 5.75 Å². The van der Waals surface area contributed by atoms with Crippen molar-refractivity contribution in [2.75, 3.05) is 26.2 Å². The Morgan fingerprint density at radius 3 is 2.76 bits per heavy atom. The van der Waals surface area contributed by atoms with Crippen molar-refractivity contribution in [2.24, 2.45) is 0 Å². The van der Waals surface area contributed by atoms with E-state index in [4.69, 9.17) is 4.74 Å². The van der Waals surface area contributed by atoms with Gasteiger partial charge in [0, 0.05) is 24.1 Å². The van der Waals surface area contributed by atoms with Crippen LogP contribution in [0.25, 0.3) is 0 Å². The maximum Gasteiger partial charge on any atom is 0.417 e. The van der Waals surface area contributed by atoms with Crippen LogP contribution in [0.2, 0.25) is 0 Å². The highest BCUT2D eigenvalue weighted by Crippen LogP contribution is 2.36. The molecule has 0 spiro atoms. The average molecular weight is 367 g/mol. The van der Waals surface area contributed by atoms with Gasteiger partial charge in [0.1, 0.15) is 5.75 Å². The van der Waals surface area contributed by atoms with E-state index in [0.717, 1.165) is 19.0 Å².